The number of anilines is 1. The molecule has 0 radical (unpaired) electrons. The number of fused-ring (bicyclic) bond motifs is 2. The van der Waals surface area contributed by atoms with Gasteiger partial charge >= 0.3 is 0 Å². The van der Waals surface area contributed by atoms with Crippen LogP contribution in [-0.4, -0.2) is 35.6 Å². The predicted molar refractivity (Wildman–Crippen MR) is 130 cm³/mol. The Morgan fingerprint density at radius 2 is 1.91 bits per heavy atom. The Balaban J connectivity index is 1.25. The third-order valence-electron chi connectivity index (χ3n) is 6.56. The van der Waals surface area contributed by atoms with E-state index in [1.54, 1.807) is 12.4 Å². The highest BCUT2D eigenvalue weighted by Crippen LogP contribution is 2.36. The van der Waals surface area contributed by atoms with E-state index in [0.717, 1.165) is 46.2 Å². The van der Waals surface area contributed by atoms with Gasteiger partial charge in [-0.25, -0.2) is 19.6 Å². The molecule has 4 N–H and O–H groups in total. The lowest BCUT2D eigenvalue weighted by atomic mass is 10.1. The van der Waals surface area contributed by atoms with Crippen molar-refractivity contribution in [1.82, 2.24) is 35.0 Å². The Hall–Kier alpha value is -4.27. The van der Waals surface area contributed by atoms with E-state index in [2.05, 4.69) is 25.3 Å². The van der Waals surface area contributed by atoms with E-state index in [1.807, 2.05) is 41.1 Å². The van der Waals surface area contributed by atoms with Crippen LogP contribution in [0.5, 0.6) is 0 Å². The Labute approximate surface area is 195 Å². The number of nitrogens with one attached hydrogen (secondary N) is 2. The van der Waals surface area contributed by atoms with Crippen molar-refractivity contribution in [1.29, 1.82) is 0 Å². The normalized spacial score (nSPS) is 14.2. The molecule has 9 nitrogen and oxygen atoms in total. The van der Waals surface area contributed by atoms with Gasteiger partial charge in [0.2, 0.25) is 0 Å². The number of carbonyl (C=O) groups is 1. The summed E-state index contributed by atoms with van der Waals surface area (Å²) in [4.78, 5) is 28.7. The van der Waals surface area contributed by atoms with Gasteiger partial charge in [0, 0.05) is 12.1 Å². The molecule has 1 fully saturated rings. The van der Waals surface area contributed by atoms with Gasteiger partial charge in [0.25, 0.3) is 5.91 Å². The number of benzene rings is 2. The second-order valence-corrected chi connectivity index (χ2v) is 8.67. The summed E-state index contributed by atoms with van der Waals surface area (Å²) in [6, 6.07) is 13.9. The predicted octanol–water partition coefficient (Wildman–Crippen LogP) is 4.00. The lowest BCUT2D eigenvalue weighted by Gasteiger charge is -2.10. The number of hydrogen-bond donors (Lipinski definition) is 3. The number of carbonyl (C=O) groups excluding carboxylic acids is 1. The van der Waals surface area contributed by atoms with Crippen molar-refractivity contribution >= 4 is 33.8 Å². The summed E-state index contributed by atoms with van der Waals surface area (Å²) in [5.41, 5.74) is 11.8. The molecule has 6 rings (SSSR count). The largest absolute Gasteiger partial charge is 0.383 e. The molecule has 34 heavy (non-hydrogen) atoms. The third kappa shape index (κ3) is 3.45. The maximum Gasteiger partial charge on any atom is 0.253 e. The van der Waals surface area contributed by atoms with Gasteiger partial charge in [0.15, 0.2) is 5.65 Å². The molecule has 2 aromatic carbocycles. The smallest absolute Gasteiger partial charge is 0.253 e. The van der Waals surface area contributed by atoms with Crippen molar-refractivity contribution in [3.05, 3.63) is 66.2 Å². The Bertz CT molecular complexity index is 1490. The molecule has 0 atom stereocenters. The number of rotatable bonds is 5. The summed E-state index contributed by atoms with van der Waals surface area (Å²) in [7, 11) is 0. The van der Waals surface area contributed by atoms with Crippen LogP contribution in [-0.2, 0) is 6.54 Å². The number of H-pyrrole nitrogens is 1. The molecular formula is C25H24N8O. The fourth-order valence-electron chi connectivity index (χ4n) is 4.81. The van der Waals surface area contributed by atoms with E-state index >= 15 is 0 Å². The SMILES string of the molecule is Nc1ncnc2c1c(-c1ccc(CNC(=O)c3cccc4[nH]cnc34)cc1)nn2C1CCCC1. The van der Waals surface area contributed by atoms with E-state index in [9.17, 15) is 4.79 Å². The minimum atomic E-state index is -0.159. The zero-order chi connectivity index (χ0) is 23.1. The van der Waals surface area contributed by atoms with Crippen LogP contribution in [0.4, 0.5) is 5.82 Å². The highest BCUT2D eigenvalue weighted by Gasteiger charge is 2.24. The van der Waals surface area contributed by atoms with Crippen molar-refractivity contribution in [3.63, 3.8) is 0 Å². The summed E-state index contributed by atoms with van der Waals surface area (Å²) in [5.74, 6) is 0.279. The van der Waals surface area contributed by atoms with Crippen LogP contribution in [0.2, 0.25) is 0 Å². The highest BCUT2D eigenvalue weighted by molar-refractivity contribution is 6.04. The first-order chi connectivity index (χ1) is 16.7. The number of imidazole rings is 1. The quantitative estimate of drug-likeness (QED) is 0.370. The van der Waals surface area contributed by atoms with Gasteiger partial charge < -0.3 is 16.0 Å². The molecule has 1 saturated carbocycles. The Kier molecular flexibility index (Phi) is 4.94. The van der Waals surface area contributed by atoms with Crippen LogP contribution in [0.25, 0.3) is 33.3 Å². The molecule has 170 valence electrons. The maximum atomic E-state index is 12.7. The molecule has 0 unspecified atom stereocenters. The summed E-state index contributed by atoms with van der Waals surface area (Å²) in [6.07, 6.45) is 7.71. The first-order valence-corrected chi connectivity index (χ1v) is 11.5. The van der Waals surface area contributed by atoms with E-state index in [4.69, 9.17) is 10.8 Å². The summed E-state index contributed by atoms with van der Waals surface area (Å²) < 4.78 is 2.03. The molecule has 1 aliphatic rings. The minimum absolute atomic E-state index is 0.159. The standard InChI is InChI=1S/C25H24N8O/c26-23-20-21(32-33(17-4-1-2-5-17)24(20)31-14-30-23)16-10-8-15(9-11-16)12-27-25(34)18-6-3-7-19-22(18)29-13-28-19/h3,6-11,13-14,17H,1-2,4-5,12H2,(H,27,34)(H,28,29)(H2,26,30,31). The first-order valence-electron chi connectivity index (χ1n) is 11.5. The molecule has 0 bridgehead atoms. The Morgan fingerprint density at radius 3 is 2.74 bits per heavy atom. The van der Waals surface area contributed by atoms with E-state index in [1.165, 1.54) is 19.2 Å². The van der Waals surface area contributed by atoms with Crippen molar-refractivity contribution < 1.29 is 4.79 Å². The second kappa shape index (κ2) is 8.26. The molecule has 0 spiro atoms. The van der Waals surface area contributed by atoms with Crippen molar-refractivity contribution in [2.24, 2.45) is 0 Å². The molecule has 1 aliphatic carbocycles. The number of aromatic nitrogens is 6. The van der Waals surface area contributed by atoms with Crippen LogP contribution in [0.15, 0.2) is 55.1 Å². The molecule has 0 saturated heterocycles. The number of nitrogen functional groups attached to an aromatic ring is 1. The van der Waals surface area contributed by atoms with Gasteiger partial charge in [0.05, 0.1) is 28.8 Å². The van der Waals surface area contributed by atoms with E-state index < -0.39 is 0 Å². The van der Waals surface area contributed by atoms with Crippen LogP contribution in [0.3, 0.4) is 0 Å². The molecule has 3 heterocycles. The average Bonchev–Trinajstić information content (AvgIpc) is 3.62. The lowest BCUT2D eigenvalue weighted by molar-refractivity contribution is 0.0952. The lowest BCUT2D eigenvalue weighted by Crippen LogP contribution is -2.23. The molecule has 5 aromatic rings. The number of aromatic amines is 1. The van der Waals surface area contributed by atoms with Gasteiger partial charge in [-0.3, -0.25) is 4.79 Å². The fraction of sp³-hybridized carbons (Fsp3) is 0.240. The molecule has 3 aromatic heterocycles. The zero-order valence-electron chi connectivity index (χ0n) is 18.5. The third-order valence-corrected chi connectivity index (χ3v) is 6.56. The monoisotopic (exact) mass is 452 g/mol. The van der Waals surface area contributed by atoms with Crippen molar-refractivity contribution in [2.75, 3.05) is 5.73 Å². The van der Waals surface area contributed by atoms with Gasteiger partial charge in [0.1, 0.15) is 23.4 Å². The number of hydrogen-bond acceptors (Lipinski definition) is 6. The van der Waals surface area contributed by atoms with Crippen molar-refractivity contribution in [2.45, 2.75) is 38.3 Å². The molecule has 9 heteroatoms. The maximum absolute atomic E-state index is 12.7. The summed E-state index contributed by atoms with van der Waals surface area (Å²) >= 11 is 0. The van der Waals surface area contributed by atoms with E-state index in [0.29, 0.717) is 29.5 Å². The fourth-order valence-corrected chi connectivity index (χ4v) is 4.81. The number of nitrogens with zero attached hydrogens (tertiary/aromatic N) is 5. The van der Waals surface area contributed by atoms with Crippen LogP contribution >= 0.6 is 0 Å². The van der Waals surface area contributed by atoms with E-state index in [-0.39, 0.29) is 5.91 Å². The number of para-hydroxylation sites is 1. The van der Waals surface area contributed by atoms with Gasteiger partial charge in [-0.1, -0.05) is 43.2 Å². The highest BCUT2D eigenvalue weighted by atomic mass is 16.1. The van der Waals surface area contributed by atoms with Crippen LogP contribution in [0.1, 0.15) is 47.6 Å². The Morgan fingerprint density at radius 1 is 1.09 bits per heavy atom. The topological polar surface area (TPSA) is 127 Å². The molecule has 1 amide bonds. The molecular weight excluding hydrogens is 428 g/mol. The average molecular weight is 453 g/mol. The van der Waals surface area contributed by atoms with Crippen LogP contribution in [0, 0.1) is 0 Å². The van der Waals surface area contributed by atoms with Crippen molar-refractivity contribution in [3.8, 4) is 11.3 Å². The van der Waals surface area contributed by atoms with Crippen LogP contribution < -0.4 is 11.1 Å². The first kappa shape index (κ1) is 20.3. The second-order valence-electron chi connectivity index (χ2n) is 8.67. The summed E-state index contributed by atoms with van der Waals surface area (Å²) in [6.45, 7) is 0.405. The minimum Gasteiger partial charge on any atom is -0.383 e. The van der Waals surface area contributed by atoms with Gasteiger partial charge in [-0.2, -0.15) is 5.10 Å². The van der Waals surface area contributed by atoms with Gasteiger partial charge in [-0.05, 0) is 30.5 Å². The number of nitrogens with two attached hydrogens (primary N) is 1. The number of amides is 1. The zero-order valence-corrected chi connectivity index (χ0v) is 18.5. The summed E-state index contributed by atoms with van der Waals surface area (Å²) in [5, 5.41) is 8.70. The molecule has 0 aliphatic heterocycles. The van der Waals surface area contributed by atoms with Gasteiger partial charge in [-0.15, -0.1) is 0 Å².